The number of hydrogen-bond donors (Lipinski definition) is 3. The maximum Gasteiger partial charge on any atom is 0.472 e. The molecule has 516 valence electrons. The van der Waals surface area contributed by atoms with E-state index in [9.17, 15) is 19.4 Å². The summed E-state index contributed by atoms with van der Waals surface area (Å²) in [4.78, 5) is 23.5. The van der Waals surface area contributed by atoms with Crippen LogP contribution >= 0.6 is 7.82 Å². The standard InChI is InChI=1S/C80H145N2O6P/c1-6-8-10-12-14-16-18-20-22-24-26-28-30-32-34-36-37-38-39-40-41-42-43-44-45-46-48-50-52-54-56-58-60-62-64-66-68-70-72-74-80(84)81-78(77-88-89(85,86)87-76-75-82(3,4)5)79(83)73-71-69-67-65-63-61-59-57-55-53-51-49-47-35-33-31-29-27-25-23-21-19-17-15-13-11-9-7-2/h8,10,14,16,20,22,26,28,32,34,37-38,55,57,63,65,71,73,78-79,83H,6-7,9,11-13,15,17-19,21,23-25,27,29-31,33,35-36,39-54,56,58-62,64,66-70,72,74-77H2,1-5H3,(H-,81,84,85,86)/p+1/b10-8-,16-14-,22-20-,28-26-,34-32-,38-37-,57-55+,65-63+,73-71+. The number of aliphatic hydroxyl groups excluding tert-OH is 1. The van der Waals surface area contributed by atoms with Crippen molar-refractivity contribution < 1.29 is 32.9 Å². The van der Waals surface area contributed by atoms with Gasteiger partial charge in [0.05, 0.1) is 39.9 Å². The Hall–Kier alpha value is -2.84. The van der Waals surface area contributed by atoms with E-state index in [1.54, 1.807) is 6.08 Å². The predicted molar refractivity (Wildman–Crippen MR) is 392 cm³/mol. The Balaban J connectivity index is 4.05. The first-order chi connectivity index (χ1) is 43.5. The molecule has 0 aromatic heterocycles. The average Bonchev–Trinajstić information content (AvgIpc) is 3.55. The van der Waals surface area contributed by atoms with Crippen LogP contribution < -0.4 is 5.32 Å². The molecule has 0 aromatic carbocycles. The number of unbranched alkanes of at least 4 members (excludes halogenated alkanes) is 40. The lowest BCUT2D eigenvalue weighted by Crippen LogP contribution is -2.45. The van der Waals surface area contributed by atoms with E-state index in [0.29, 0.717) is 17.4 Å². The van der Waals surface area contributed by atoms with Gasteiger partial charge in [-0.15, -0.1) is 0 Å². The summed E-state index contributed by atoms with van der Waals surface area (Å²) in [5.74, 6) is -0.188. The Labute approximate surface area is 552 Å². The largest absolute Gasteiger partial charge is 0.472 e. The molecular formula is C80H146N2O6P+. The number of likely N-dealkylation sites (N-methyl/N-ethyl adjacent to an activating group) is 1. The second-order valence-corrected chi connectivity index (χ2v) is 28.1. The van der Waals surface area contributed by atoms with Crippen LogP contribution in [0.1, 0.15) is 341 Å². The van der Waals surface area contributed by atoms with Gasteiger partial charge in [-0.05, 0) is 96.3 Å². The van der Waals surface area contributed by atoms with Gasteiger partial charge in [0, 0.05) is 6.42 Å². The van der Waals surface area contributed by atoms with Crippen molar-refractivity contribution in [3.05, 3.63) is 109 Å². The van der Waals surface area contributed by atoms with Gasteiger partial charge in [-0.25, -0.2) is 4.57 Å². The summed E-state index contributed by atoms with van der Waals surface area (Å²) in [6, 6.07) is -0.876. The second kappa shape index (κ2) is 69.5. The van der Waals surface area contributed by atoms with Gasteiger partial charge in [0.1, 0.15) is 13.2 Å². The van der Waals surface area contributed by atoms with E-state index in [1.807, 2.05) is 27.2 Å². The summed E-state index contributed by atoms with van der Waals surface area (Å²) in [5.41, 5.74) is 0. The highest BCUT2D eigenvalue weighted by atomic mass is 31.2. The molecule has 0 radical (unpaired) electrons. The molecule has 8 nitrogen and oxygen atoms in total. The number of hydrogen-bond acceptors (Lipinski definition) is 5. The minimum absolute atomic E-state index is 0.0514. The fourth-order valence-corrected chi connectivity index (χ4v) is 11.6. The molecule has 89 heavy (non-hydrogen) atoms. The third-order valence-electron chi connectivity index (χ3n) is 16.7. The van der Waals surface area contributed by atoms with Crippen molar-refractivity contribution in [2.24, 2.45) is 0 Å². The van der Waals surface area contributed by atoms with E-state index in [-0.39, 0.29) is 19.1 Å². The second-order valence-electron chi connectivity index (χ2n) is 26.6. The highest BCUT2D eigenvalue weighted by molar-refractivity contribution is 7.47. The van der Waals surface area contributed by atoms with Gasteiger partial charge in [0.15, 0.2) is 0 Å². The number of nitrogens with one attached hydrogen (secondary N) is 1. The maximum absolute atomic E-state index is 13.1. The van der Waals surface area contributed by atoms with Crippen molar-refractivity contribution in [3.63, 3.8) is 0 Å². The summed E-state index contributed by atoms with van der Waals surface area (Å²) in [5, 5.41) is 14.0. The van der Waals surface area contributed by atoms with Crippen LogP contribution in [-0.2, 0) is 18.4 Å². The van der Waals surface area contributed by atoms with E-state index < -0.39 is 20.0 Å². The zero-order valence-corrected chi connectivity index (χ0v) is 60.0. The average molecular weight is 1260 g/mol. The van der Waals surface area contributed by atoms with Gasteiger partial charge >= 0.3 is 7.82 Å². The number of nitrogens with zero attached hydrogens (tertiary/aromatic N) is 1. The van der Waals surface area contributed by atoms with Crippen LogP contribution in [0.25, 0.3) is 0 Å². The molecule has 1 amide bonds. The first-order valence-corrected chi connectivity index (χ1v) is 39.3. The van der Waals surface area contributed by atoms with Crippen molar-refractivity contribution in [3.8, 4) is 0 Å². The zero-order chi connectivity index (χ0) is 64.8. The molecule has 0 bridgehead atoms. The third kappa shape index (κ3) is 72.4. The Kier molecular flexibility index (Phi) is 67.3. The molecule has 0 saturated carbocycles. The molecule has 0 aliphatic carbocycles. The van der Waals surface area contributed by atoms with Crippen LogP contribution in [0.2, 0.25) is 0 Å². The molecular weight excluding hydrogens is 1120 g/mol. The van der Waals surface area contributed by atoms with Crippen LogP contribution in [0, 0.1) is 0 Å². The lowest BCUT2D eigenvalue weighted by molar-refractivity contribution is -0.870. The molecule has 3 N–H and O–H groups in total. The van der Waals surface area contributed by atoms with Gasteiger partial charge < -0.3 is 19.8 Å². The SMILES string of the molecule is CC/C=C\C/C=C\C/C=C\C/C=C\C/C=C\C/C=C\CCCCCCCCCCCCCCCCCCCCCCC(=O)NC(COP(=O)(O)OCC[N+](C)(C)C)C(O)/C=C/CC/C=C/CC/C=C/CCCCCCCCCCCCCCCCCCCC. The van der Waals surface area contributed by atoms with Crippen molar-refractivity contribution in [1.82, 2.24) is 5.32 Å². The summed E-state index contributed by atoms with van der Waals surface area (Å²) >= 11 is 0. The molecule has 0 aliphatic rings. The number of quaternary nitrogens is 1. The smallest absolute Gasteiger partial charge is 0.387 e. The molecule has 3 unspecified atom stereocenters. The van der Waals surface area contributed by atoms with Gasteiger partial charge in [-0.1, -0.05) is 348 Å². The van der Waals surface area contributed by atoms with Gasteiger partial charge in [-0.3, -0.25) is 13.8 Å². The lowest BCUT2D eigenvalue weighted by Gasteiger charge is -2.25. The molecule has 0 aromatic rings. The van der Waals surface area contributed by atoms with E-state index in [2.05, 4.69) is 116 Å². The van der Waals surface area contributed by atoms with E-state index in [1.165, 1.54) is 238 Å². The first kappa shape index (κ1) is 86.2. The highest BCUT2D eigenvalue weighted by Gasteiger charge is 2.28. The number of phosphoric ester groups is 1. The summed E-state index contributed by atoms with van der Waals surface area (Å²) in [6.45, 7) is 4.71. The molecule has 0 rings (SSSR count). The molecule has 0 spiro atoms. The van der Waals surface area contributed by atoms with Crippen LogP contribution in [0.5, 0.6) is 0 Å². The minimum atomic E-state index is -4.37. The monoisotopic (exact) mass is 1260 g/mol. The van der Waals surface area contributed by atoms with E-state index in [4.69, 9.17) is 9.05 Å². The fraction of sp³-hybridized carbons (Fsp3) is 0.762. The normalized spacial score (nSPS) is 14.2. The van der Waals surface area contributed by atoms with E-state index in [0.717, 1.165) is 83.5 Å². The van der Waals surface area contributed by atoms with E-state index >= 15 is 0 Å². The first-order valence-electron chi connectivity index (χ1n) is 37.8. The van der Waals surface area contributed by atoms with Crippen molar-refractivity contribution in [1.29, 1.82) is 0 Å². The molecule has 0 aliphatic heterocycles. The van der Waals surface area contributed by atoms with Gasteiger partial charge in [-0.2, -0.15) is 0 Å². The molecule has 0 fully saturated rings. The summed E-state index contributed by atoms with van der Waals surface area (Å²) in [6.07, 6.45) is 103. The van der Waals surface area contributed by atoms with Crippen LogP contribution in [-0.4, -0.2) is 73.4 Å². The Bertz CT molecular complexity index is 1820. The number of carbonyl (C=O) groups excluding carboxylic acids is 1. The highest BCUT2D eigenvalue weighted by Crippen LogP contribution is 2.43. The molecule has 0 saturated heterocycles. The van der Waals surface area contributed by atoms with Crippen LogP contribution in [0.15, 0.2) is 109 Å². The number of phosphoric acid groups is 1. The third-order valence-corrected chi connectivity index (χ3v) is 17.7. The Morgan fingerprint density at radius 3 is 1.03 bits per heavy atom. The molecule has 0 heterocycles. The van der Waals surface area contributed by atoms with Gasteiger partial charge in [0.25, 0.3) is 0 Å². The van der Waals surface area contributed by atoms with Crippen molar-refractivity contribution in [2.45, 2.75) is 353 Å². The topological polar surface area (TPSA) is 105 Å². The number of rotatable bonds is 69. The van der Waals surface area contributed by atoms with Crippen LogP contribution in [0.3, 0.4) is 0 Å². The summed E-state index contributed by atoms with van der Waals surface area (Å²) in [7, 11) is 1.55. The molecule has 9 heteroatoms. The number of carbonyl (C=O) groups is 1. The predicted octanol–water partition coefficient (Wildman–Crippen LogP) is 24.6. The van der Waals surface area contributed by atoms with Gasteiger partial charge in [0.2, 0.25) is 5.91 Å². The van der Waals surface area contributed by atoms with Crippen LogP contribution in [0.4, 0.5) is 0 Å². The van der Waals surface area contributed by atoms with Crippen molar-refractivity contribution >= 4 is 13.7 Å². The fourth-order valence-electron chi connectivity index (χ4n) is 10.9. The lowest BCUT2D eigenvalue weighted by atomic mass is 10.0. The number of aliphatic hydroxyl groups is 1. The number of amides is 1. The quantitative estimate of drug-likeness (QED) is 0.0243. The van der Waals surface area contributed by atoms with Crippen molar-refractivity contribution in [2.75, 3.05) is 40.9 Å². The molecule has 3 atom stereocenters. The Morgan fingerprint density at radius 1 is 0.393 bits per heavy atom. The maximum atomic E-state index is 13.1. The Morgan fingerprint density at radius 2 is 0.685 bits per heavy atom. The minimum Gasteiger partial charge on any atom is -0.387 e. The summed E-state index contributed by atoms with van der Waals surface area (Å²) < 4.78 is 23.8. The number of allylic oxidation sites excluding steroid dienone is 17. The zero-order valence-electron chi connectivity index (χ0n) is 59.2.